The molecule has 0 spiro atoms. The van der Waals surface area contributed by atoms with Crippen molar-refractivity contribution in [1.29, 1.82) is 0 Å². The van der Waals surface area contributed by atoms with Gasteiger partial charge >= 0.3 is 12.1 Å². The smallest absolute Gasteiger partial charge is 0.413 e. The minimum Gasteiger partial charge on any atom is -0.425 e. The standard InChI is InChI=1S/C28H45NO4/c1-6-8-9-10-14-17-26(30)32-23(5)33-28(31)29(7-2)27(25-19-18-21(3)20-25)22(4)24-15-12-11-13-16-24/h11-13,15-16,21-23,25,27H,6-10,14,17-20H2,1-5H3. The Hall–Kier alpha value is -2.04. The molecule has 186 valence electrons. The molecule has 1 aliphatic carbocycles. The maximum absolute atomic E-state index is 13.2. The Balaban J connectivity index is 2.00. The van der Waals surface area contributed by atoms with Crippen molar-refractivity contribution in [1.82, 2.24) is 4.90 Å². The van der Waals surface area contributed by atoms with Gasteiger partial charge in [0.1, 0.15) is 0 Å². The molecule has 0 bridgehead atoms. The molecule has 2 rings (SSSR count). The molecule has 5 nitrogen and oxygen atoms in total. The molecule has 0 saturated heterocycles. The van der Waals surface area contributed by atoms with Crippen molar-refractivity contribution in [3.63, 3.8) is 0 Å². The first kappa shape index (κ1) is 27.2. The summed E-state index contributed by atoms with van der Waals surface area (Å²) in [6.07, 6.45) is 7.88. The van der Waals surface area contributed by atoms with E-state index in [1.54, 1.807) is 6.92 Å². The number of unbranched alkanes of at least 4 members (excludes halogenated alkanes) is 4. The summed E-state index contributed by atoms with van der Waals surface area (Å²) < 4.78 is 11.0. The molecule has 0 heterocycles. The van der Waals surface area contributed by atoms with Gasteiger partial charge in [-0.05, 0) is 43.6 Å². The van der Waals surface area contributed by atoms with Crippen LogP contribution >= 0.6 is 0 Å². The van der Waals surface area contributed by atoms with E-state index < -0.39 is 12.4 Å². The van der Waals surface area contributed by atoms with Crippen LogP contribution in [0.3, 0.4) is 0 Å². The van der Waals surface area contributed by atoms with Gasteiger partial charge in [0.05, 0.1) is 0 Å². The van der Waals surface area contributed by atoms with Crippen molar-refractivity contribution in [2.45, 2.75) is 111 Å². The molecule has 33 heavy (non-hydrogen) atoms. The zero-order valence-corrected chi connectivity index (χ0v) is 21.4. The lowest BCUT2D eigenvalue weighted by Gasteiger charge is -2.39. The minimum absolute atomic E-state index is 0.0521. The quantitative estimate of drug-likeness (QED) is 0.176. The predicted octanol–water partition coefficient (Wildman–Crippen LogP) is 7.30. The first-order chi connectivity index (χ1) is 15.9. The Morgan fingerprint density at radius 2 is 1.70 bits per heavy atom. The van der Waals surface area contributed by atoms with Crippen LogP contribution in [0.4, 0.5) is 4.79 Å². The van der Waals surface area contributed by atoms with Crippen molar-refractivity contribution < 1.29 is 19.1 Å². The first-order valence-electron chi connectivity index (χ1n) is 13.1. The maximum Gasteiger partial charge on any atom is 0.413 e. The van der Waals surface area contributed by atoms with Crippen molar-refractivity contribution >= 4 is 12.1 Å². The Labute approximate surface area is 201 Å². The van der Waals surface area contributed by atoms with E-state index in [1.807, 2.05) is 17.9 Å². The summed E-state index contributed by atoms with van der Waals surface area (Å²) in [5, 5.41) is 0. The van der Waals surface area contributed by atoms with E-state index in [1.165, 1.54) is 24.8 Å². The van der Waals surface area contributed by atoms with E-state index >= 15 is 0 Å². The number of likely N-dealkylation sites (N-methyl/N-ethyl adjacent to an activating group) is 1. The molecule has 5 unspecified atom stereocenters. The summed E-state index contributed by atoms with van der Waals surface area (Å²) in [6.45, 7) is 10.9. The molecule has 1 fully saturated rings. The number of amides is 1. The lowest BCUT2D eigenvalue weighted by atomic mass is 9.82. The molecular weight excluding hydrogens is 414 g/mol. The molecule has 0 N–H and O–H groups in total. The van der Waals surface area contributed by atoms with Crippen LogP contribution in [0, 0.1) is 11.8 Å². The van der Waals surface area contributed by atoms with Gasteiger partial charge < -0.3 is 14.4 Å². The van der Waals surface area contributed by atoms with Crippen molar-refractivity contribution in [2.24, 2.45) is 11.8 Å². The second-order valence-corrected chi connectivity index (χ2v) is 9.76. The summed E-state index contributed by atoms with van der Waals surface area (Å²) in [5.41, 5.74) is 1.23. The van der Waals surface area contributed by atoms with E-state index in [4.69, 9.17) is 9.47 Å². The van der Waals surface area contributed by atoms with Gasteiger partial charge in [0.15, 0.2) is 0 Å². The van der Waals surface area contributed by atoms with E-state index in [9.17, 15) is 9.59 Å². The highest BCUT2D eigenvalue weighted by molar-refractivity contribution is 5.71. The highest BCUT2D eigenvalue weighted by Crippen LogP contribution is 2.40. The van der Waals surface area contributed by atoms with E-state index in [-0.39, 0.29) is 17.9 Å². The largest absolute Gasteiger partial charge is 0.425 e. The van der Waals surface area contributed by atoms with Gasteiger partial charge in [-0.3, -0.25) is 4.79 Å². The van der Waals surface area contributed by atoms with E-state index in [2.05, 4.69) is 45.0 Å². The number of hydrogen-bond donors (Lipinski definition) is 0. The van der Waals surface area contributed by atoms with Crippen LogP contribution < -0.4 is 0 Å². The van der Waals surface area contributed by atoms with Crippen LogP contribution in [0.15, 0.2) is 30.3 Å². The number of carbonyl (C=O) groups excluding carboxylic acids is 2. The molecule has 5 atom stereocenters. The number of esters is 1. The van der Waals surface area contributed by atoms with Crippen LogP contribution in [0.2, 0.25) is 0 Å². The van der Waals surface area contributed by atoms with Gasteiger partial charge in [-0.25, -0.2) is 4.79 Å². The van der Waals surface area contributed by atoms with Gasteiger partial charge in [0.25, 0.3) is 0 Å². The molecule has 1 amide bonds. The lowest BCUT2D eigenvalue weighted by Crippen LogP contribution is -2.48. The Kier molecular flexibility index (Phi) is 11.8. The number of rotatable bonds is 13. The second kappa shape index (κ2) is 14.3. The molecule has 5 heteroatoms. The Bertz CT molecular complexity index is 707. The molecule has 1 saturated carbocycles. The summed E-state index contributed by atoms with van der Waals surface area (Å²) in [4.78, 5) is 27.2. The average molecular weight is 460 g/mol. The fourth-order valence-electron chi connectivity index (χ4n) is 5.26. The van der Waals surface area contributed by atoms with Crippen molar-refractivity contribution in [2.75, 3.05) is 6.54 Å². The molecular formula is C28H45NO4. The van der Waals surface area contributed by atoms with Crippen LogP contribution in [0.1, 0.15) is 104 Å². The van der Waals surface area contributed by atoms with Crippen molar-refractivity contribution in [3.8, 4) is 0 Å². The molecule has 1 aromatic carbocycles. The normalized spacial score (nSPS) is 20.6. The predicted molar refractivity (Wildman–Crippen MR) is 133 cm³/mol. The van der Waals surface area contributed by atoms with Crippen molar-refractivity contribution in [3.05, 3.63) is 35.9 Å². The van der Waals surface area contributed by atoms with Crippen LogP contribution in [0.25, 0.3) is 0 Å². The molecule has 1 aliphatic rings. The SMILES string of the molecule is CCCCCCCC(=O)OC(C)OC(=O)N(CC)C(C1CCC(C)C1)C(C)c1ccccc1. The van der Waals surface area contributed by atoms with Gasteiger partial charge in [-0.2, -0.15) is 0 Å². The number of benzene rings is 1. The molecule has 0 aromatic heterocycles. The molecule has 1 aromatic rings. The highest BCUT2D eigenvalue weighted by atomic mass is 16.7. The van der Waals surface area contributed by atoms with E-state index in [0.717, 1.165) is 32.1 Å². The first-order valence-corrected chi connectivity index (χ1v) is 13.1. The summed E-state index contributed by atoms with van der Waals surface area (Å²) in [5.74, 6) is 1.000. The molecule has 0 aliphatic heterocycles. The second-order valence-electron chi connectivity index (χ2n) is 9.76. The topological polar surface area (TPSA) is 55.8 Å². The van der Waals surface area contributed by atoms with Gasteiger partial charge in [-0.15, -0.1) is 0 Å². The third-order valence-electron chi connectivity index (χ3n) is 7.04. The average Bonchev–Trinajstić information content (AvgIpc) is 3.22. The highest BCUT2D eigenvalue weighted by Gasteiger charge is 2.39. The minimum atomic E-state index is -0.884. The third-order valence-corrected chi connectivity index (χ3v) is 7.04. The number of ether oxygens (including phenoxy) is 2. The van der Waals surface area contributed by atoms with Gasteiger partial charge in [0, 0.05) is 31.8 Å². The Morgan fingerprint density at radius 1 is 1.00 bits per heavy atom. The third kappa shape index (κ3) is 8.68. The van der Waals surface area contributed by atoms with Crippen LogP contribution in [0.5, 0.6) is 0 Å². The van der Waals surface area contributed by atoms with Gasteiger partial charge in [0.2, 0.25) is 6.29 Å². The molecule has 0 radical (unpaired) electrons. The fourth-order valence-corrected chi connectivity index (χ4v) is 5.26. The van der Waals surface area contributed by atoms with Gasteiger partial charge in [-0.1, -0.05) is 83.2 Å². The Morgan fingerprint density at radius 3 is 2.30 bits per heavy atom. The monoisotopic (exact) mass is 459 g/mol. The van der Waals surface area contributed by atoms with Crippen LogP contribution in [-0.2, 0) is 14.3 Å². The number of hydrogen-bond acceptors (Lipinski definition) is 4. The zero-order valence-electron chi connectivity index (χ0n) is 21.4. The zero-order chi connectivity index (χ0) is 24.2. The lowest BCUT2D eigenvalue weighted by molar-refractivity contribution is -0.166. The number of nitrogens with zero attached hydrogens (tertiary/aromatic N) is 1. The van der Waals surface area contributed by atoms with Crippen LogP contribution in [-0.4, -0.2) is 35.8 Å². The summed E-state index contributed by atoms with van der Waals surface area (Å²) in [6, 6.07) is 10.5. The fraction of sp³-hybridized carbons (Fsp3) is 0.714. The maximum atomic E-state index is 13.2. The number of carbonyl (C=O) groups is 2. The summed E-state index contributed by atoms with van der Waals surface area (Å²) >= 11 is 0. The van der Waals surface area contributed by atoms with E-state index in [0.29, 0.717) is 24.8 Å². The summed E-state index contributed by atoms with van der Waals surface area (Å²) in [7, 11) is 0.